The molecule has 0 spiro atoms. The van der Waals surface area contributed by atoms with Gasteiger partial charge in [-0.1, -0.05) is 0 Å². The third kappa shape index (κ3) is 2.51. The number of furan rings is 1. The van der Waals surface area contributed by atoms with E-state index >= 15 is 0 Å². The summed E-state index contributed by atoms with van der Waals surface area (Å²) >= 11 is 0. The van der Waals surface area contributed by atoms with Gasteiger partial charge in [0.1, 0.15) is 17.6 Å². The second-order valence-electron chi connectivity index (χ2n) is 5.73. The number of aryl methyl sites for hydroxylation is 1. The summed E-state index contributed by atoms with van der Waals surface area (Å²) in [7, 11) is 1.80. The highest BCUT2D eigenvalue weighted by Crippen LogP contribution is 2.29. The van der Waals surface area contributed by atoms with Crippen molar-refractivity contribution in [3.8, 4) is 0 Å². The van der Waals surface area contributed by atoms with E-state index in [1.165, 1.54) is 0 Å². The maximum Gasteiger partial charge on any atom is 0.320 e. The van der Waals surface area contributed by atoms with Crippen molar-refractivity contribution in [2.45, 2.75) is 32.4 Å². The van der Waals surface area contributed by atoms with Crippen molar-refractivity contribution in [2.24, 2.45) is 5.73 Å². The second-order valence-corrected chi connectivity index (χ2v) is 5.73. The van der Waals surface area contributed by atoms with Crippen LogP contribution in [0.15, 0.2) is 16.5 Å². The average Bonchev–Trinajstić information content (AvgIpc) is 2.76. The molecule has 1 aliphatic rings. The van der Waals surface area contributed by atoms with Crippen LogP contribution in [0.5, 0.6) is 0 Å². The number of rotatable bonds is 3. The number of carbonyl (C=O) groups is 1. The minimum absolute atomic E-state index is 0.00702. The lowest BCUT2D eigenvalue weighted by Gasteiger charge is -2.25. The first-order valence-corrected chi connectivity index (χ1v) is 6.15. The zero-order chi connectivity index (χ0) is 13.5. The second kappa shape index (κ2) is 4.31. The van der Waals surface area contributed by atoms with Gasteiger partial charge in [-0.05, 0) is 32.9 Å². The third-order valence-electron chi connectivity index (χ3n) is 3.12. The van der Waals surface area contributed by atoms with Gasteiger partial charge in [-0.25, -0.2) is 4.79 Å². The fourth-order valence-electron chi connectivity index (χ4n) is 2.30. The maximum absolute atomic E-state index is 12.1. The van der Waals surface area contributed by atoms with Gasteiger partial charge in [0.15, 0.2) is 0 Å². The quantitative estimate of drug-likeness (QED) is 0.890. The van der Waals surface area contributed by atoms with Crippen LogP contribution in [0, 0.1) is 6.92 Å². The minimum Gasteiger partial charge on any atom is -0.464 e. The van der Waals surface area contributed by atoms with Crippen molar-refractivity contribution in [1.29, 1.82) is 0 Å². The fourth-order valence-corrected chi connectivity index (χ4v) is 2.30. The lowest BCUT2D eigenvalue weighted by Crippen LogP contribution is -2.46. The smallest absolute Gasteiger partial charge is 0.320 e. The van der Waals surface area contributed by atoms with Crippen molar-refractivity contribution >= 4 is 6.03 Å². The molecule has 0 aliphatic carbocycles. The van der Waals surface area contributed by atoms with Crippen LogP contribution < -0.4 is 5.73 Å². The average molecular weight is 251 g/mol. The first-order chi connectivity index (χ1) is 8.28. The van der Waals surface area contributed by atoms with E-state index in [1.54, 1.807) is 16.8 Å². The standard InChI is InChI=1S/C13H21N3O2/c1-9-5-6-11(18-9)10-7-16(8-13(2,3)14)12(17)15(10)4/h5-6,10H,7-8,14H2,1-4H3. The molecule has 1 saturated heterocycles. The van der Waals surface area contributed by atoms with E-state index in [-0.39, 0.29) is 17.6 Å². The number of amides is 2. The first kappa shape index (κ1) is 13.0. The summed E-state index contributed by atoms with van der Waals surface area (Å²) in [6.07, 6.45) is 0. The number of nitrogens with two attached hydrogens (primary N) is 1. The summed E-state index contributed by atoms with van der Waals surface area (Å²) in [5, 5.41) is 0. The molecule has 0 bridgehead atoms. The molecule has 2 heterocycles. The van der Waals surface area contributed by atoms with Gasteiger partial charge in [-0.2, -0.15) is 0 Å². The Bertz CT molecular complexity index is 447. The highest BCUT2D eigenvalue weighted by molar-refractivity contribution is 5.77. The zero-order valence-electron chi connectivity index (χ0n) is 11.4. The molecule has 5 heteroatoms. The molecule has 2 rings (SSSR count). The van der Waals surface area contributed by atoms with E-state index in [0.29, 0.717) is 13.1 Å². The Kier molecular flexibility index (Phi) is 3.11. The van der Waals surface area contributed by atoms with Crippen molar-refractivity contribution in [2.75, 3.05) is 20.1 Å². The molecule has 0 aromatic carbocycles. The molecule has 1 atom stereocenters. The topological polar surface area (TPSA) is 62.7 Å². The molecule has 18 heavy (non-hydrogen) atoms. The fraction of sp³-hybridized carbons (Fsp3) is 0.615. The van der Waals surface area contributed by atoms with Gasteiger partial charge in [0, 0.05) is 19.1 Å². The highest BCUT2D eigenvalue weighted by atomic mass is 16.3. The van der Waals surface area contributed by atoms with Crippen LogP contribution in [0.25, 0.3) is 0 Å². The number of hydrogen-bond acceptors (Lipinski definition) is 3. The number of likely N-dealkylation sites (N-methyl/N-ethyl adjacent to an activating group) is 1. The first-order valence-electron chi connectivity index (χ1n) is 6.15. The Morgan fingerprint density at radius 2 is 2.17 bits per heavy atom. The van der Waals surface area contributed by atoms with Crippen molar-refractivity contribution in [3.63, 3.8) is 0 Å². The number of hydrogen-bond donors (Lipinski definition) is 1. The summed E-state index contributed by atoms with van der Waals surface area (Å²) in [5.74, 6) is 1.70. The molecule has 1 aromatic heterocycles. The Labute approximate surface area is 108 Å². The third-order valence-corrected chi connectivity index (χ3v) is 3.12. The van der Waals surface area contributed by atoms with Crippen LogP contribution in [0.4, 0.5) is 4.79 Å². The van der Waals surface area contributed by atoms with Gasteiger partial charge >= 0.3 is 6.03 Å². The SMILES string of the molecule is Cc1ccc(C2CN(CC(C)(C)N)C(=O)N2C)o1. The summed E-state index contributed by atoms with van der Waals surface area (Å²) in [4.78, 5) is 15.6. The molecule has 100 valence electrons. The van der Waals surface area contributed by atoms with E-state index in [4.69, 9.17) is 10.2 Å². The highest BCUT2D eigenvalue weighted by Gasteiger charge is 2.38. The van der Waals surface area contributed by atoms with Gasteiger partial charge in [0.2, 0.25) is 0 Å². The number of carbonyl (C=O) groups excluding carboxylic acids is 1. The van der Waals surface area contributed by atoms with Gasteiger partial charge in [-0.15, -0.1) is 0 Å². The van der Waals surface area contributed by atoms with Crippen molar-refractivity contribution in [3.05, 3.63) is 23.7 Å². The van der Waals surface area contributed by atoms with Crippen LogP contribution in [-0.4, -0.2) is 41.5 Å². The monoisotopic (exact) mass is 251 g/mol. The van der Waals surface area contributed by atoms with E-state index < -0.39 is 0 Å². The number of nitrogens with zero attached hydrogens (tertiary/aromatic N) is 2. The molecule has 0 radical (unpaired) electrons. The normalized spacial score (nSPS) is 20.9. The number of urea groups is 1. The van der Waals surface area contributed by atoms with E-state index in [1.807, 2.05) is 32.9 Å². The van der Waals surface area contributed by atoms with E-state index in [0.717, 1.165) is 11.5 Å². The minimum atomic E-state index is -0.384. The van der Waals surface area contributed by atoms with Gasteiger partial charge < -0.3 is 20.0 Å². The summed E-state index contributed by atoms with van der Waals surface area (Å²) in [5.41, 5.74) is 5.59. The summed E-state index contributed by atoms with van der Waals surface area (Å²) in [6.45, 7) is 6.92. The molecule has 1 aromatic rings. The predicted octanol–water partition coefficient (Wildman–Crippen LogP) is 1.73. The molecular weight excluding hydrogens is 230 g/mol. The van der Waals surface area contributed by atoms with Crippen molar-refractivity contribution in [1.82, 2.24) is 9.80 Å². The molecule has 2 N–H and O–H groups in total. The Balaban J connectivity index is 2.14. The largest absolute Gasteiger partial charge is 0.464 e. The molecule has 0 saturated carbocycles. The molecule has 1 aliphatic heterocycles. The lowest BCUT2D eigenvalue weighted by molar-refractivity contribution is 0.187. The van der Waals surface area contributed by atoms with E-state index in [9.17, 15) is 4.79 Å². The van der Waals surface area contributed by atoms with Crippen LogP contribution >= 0.6 is 0 Å². The molecular formula is C13H21N3O2. The van der Waals surface area contributed by atoms with Crippen molar-refractivity contribution < 1.29 is 9.21 Å². The van der Waals surface area contributed by atoms with Gasteiger partial charge in [0.05, 0.1) is 6.54 Å². The van der Waals surface area contributed by atoms with Gasteiger partial charge in [0.25, 0.3) is 0 Å². The Hall–Kier alpha value is -1.49. The Morgan fingerprint density at radius 3 is 2.67 bits per heavy atom. The Morgan fingerprint density at radius 1 is 1.50 bits per heavy atom. The molecule has 1 unspecified atom stereocenters. The summed E-state index contributed by atoms with van der Waals surface area (Å²) in [6, 6.07) is 3.84. The van der Waals surface area contributed by atoms with Crippen LogP contribution in [-0.2, 0) is 0 Å². The van der Waals surface area contributed by atoms with Crippen LogP contribution in [0.2, 0.25) is 0 Å². The lowest BCUT2D eigenvalue weighted by atomic mass is 10.1. The maximum atomic E-state index is 12.1. The van der Waals surface area contributed by atoms with Crippen LogP contribution in [0.3, 0.4) is 0 Å². The summed E-state index contributed by atoms with van der Waals surface area (Å²) < 4.78 is 5.61. The van der Waals surface area contributed by atoms with E-state index in [2.05, 4.69) is 0 Å². The predicted molar refractivity (Wildman–Crippen MR) is 69.2 cm³/mol. The zero-order valence-corrected chi connectivity index (χ0v) is 11.4. The van der Waals surface area contributed by atoms with Crippen LogP contribution in [0.1, 0.15) is 31.4 Å². The molecule has 5 nitrogen and oxygen atoms in total. The van der Waals surface area contributed by atoms with Gasteiger partial charge in [-0.3, -0.25) is 0 Å². The molecule has 1 fully saturated rings. The molecule has 2 amide bonds.